The molecule has 0 aliphatic heterocycles. The predicted octanol–water partition coefficient (Wildman–Crippen LogP) is 1.57. The number of amides is 2. The van der Waals surface area contributed by atoms with Crippen LogP contribution in [-0.4, -0.2) is 32.0 Å². The Bertz CT molecular complexity index is 429. The Kier molecular flexibility index (Phi) is 5.85. The lowest BCUT2D eigenvalue weighted by molar-refractivity contribution is -0.121. The van der Waals surface area contributed by atoms with E-state index in [1.54, 1.807) is 31.1 Å². The zero-order valence-corrected chi connectivity index (χ0v) is 11.6. The van der Waals surface area contributed by atoms with E-state index in [9.17, 15) is 9.59 Å². The highest BCUT2D eigenvalue weighted by atomic mass is 16.5. The average Bonchev–Trinajstić information content (AvgIpc) is 2.43. The minimum Gasteiger partial charge on any atom is -0.497 e. The van der Waals surface area contributed by atoms with Gasteiger partial charge in [0.1, 0.15) is 5.75 Å². The average molecular weight is 264 g/mol. The number of anilines is 1. The van der Waals surface area contributed by atoms with Gasteiger partial charge in [-0.05, 0) is 24.3 Å². The quantitative estimate of drug-likeness (QED) is 0.848. The van der Waals surface area contributed by atoms with Gasteiger partial charge in [-0.2, -0.15) is 0 Å². The molecular weight excluding hydrogens is 244 g/mol. The molecule has 0 aliphatic carbocycles. The third-order valence-electron chi connectivity index (χ3n) is 2.74. The molecule has 0 aromatic heterocycles. The zero-order chi connectivity index (χ0) is 14.3. The molecule has 1 aromatic carbocycles. The molecule has 0 unspecified atom stereocenters. The van der Waals surface area contributed by atoms with Crippen molar-refractivity contribution in [2.24, 2.45) is 0 Å². The molecule has 0 atom stereocenters. The maximum Gasteiger partial charge on any atom is 0.223 e. The van der Waals surface area contributed by atoms with E-state index in [0.717, 1.165) is 11.4 Å². The van der Waals surface area contributed by atoms with Gasteiger partial charge in [-0.3, -0.25) is 9.59 Å². The largest absolute Gasteiger partial charge is 0.497 e. The van der Waals surface area contributed by atoms with Crippen molar-refractivity contribution >= 4 is 17.5 Å². The van der Waals surface area contributed by atoms with Crippen LogP contribution in [0.5, 0.6) is 5.75 Å². The minimum absolute atomic E-state index is 0.0155. The molecule has 0 fully saturated rings. The third kappa shape index (κ3) is 4.62. The van der Waals surface area contributed by atoms with Crippen LogP contribution in [0.25, 0.3) is 0 Å². The van der Waals surface area contributed by atoms with Gasteiger partial charge in [0.2, 0.25) is 11.8 Å². The van der Waals surface area contributed by atoms with Crippen LogP contribution in [0.1, 0.15) is 20.3 Å². The van der Waals surface area contributed by atoms with Crippen molar-refractivity contribution in [1.29, 1.82) is 0 Å². The van der Waals surface area contributed by atoms with E-state index in [2.05, 4.69) is 5.32 Å². The van der Waals surface area contributed by atoms with Gasteiger partial charge in [0.15, 0.2) is 0 Å². The lowest BCUT2D eigenvalue weighted by Crippen LogP contribution is -2.37. The van der Waals surface area contributed by atoms with Gasteiger partial charge in [-0.25, -0.2) is 0 Å². The number of nitrogens with zero attached hydrogens (tertiary/aromatic N) is 1. The summed E-state index contributed by atoms with van der Waals surface area (Å²) in [6.07, 6.45) is 0.447. The Balaban J connectivity index is 2.66. The number of rotatable bonds is 6. The molecule has 19 heavy (non-hydrogen) atoms. The third-order valence-corrected chi connectivity index (χ3v) is 2.74. The number of hydrogen-bond acceptors (Lipinski definition) is 3. The van der Waals surface area contributed by atoms with Crippen molar-refractivity contribution in [3.05, 3.63) is 24.3 Å². The molecule has 1 aromatic rings. The van der Waals surface area contributed by atoms with Crippen molar-refractivity contribution in [2.45, 2.75) is 20.3 Å². The number of carbonyl (C=O) groups is 2. The zero-order valence-electron chi connectivity index (χ0n) is 11.6. The van der Waals surface area contributed by atoms with Gasteiger partial charge < -0.3 is 15.0 Å². The molecule has 2 amide bonds. The van der Waals surface area contributed by atoms with Crippen molar-refractivity contribution in [3.63, 3.8) is 0 Å². The lowest BCUT2D eigenvalue weighted by atomic mass is 10.2. The van der Waals surface area contributed by atoms with E-state index in [0.29, 0.717) is 19.5 Å². The maximum atomic E-state index is 11.6. The molecule has 5 nitrogen and oxygen atoms in total. The second kappa shape index (κ2) is 7.41. The van der Waals surface area contributed by atoms with Crippen LogP contribution < -0.4 is 15.0 Å². The van der Waals surface area contributed by atoms with Crippen molar-refractivity contribution in [1.82, 2.24) is 5.32 Å². The highest BCUT2D eigenvalue weighted by Crippen LogP contribution is 2.19. The molecule has 0 saturated carbocycles. The number of nitrogens with one attached hydrogen (secondary N) is 1. The van der Waals surface area contributed by atoms with Crippen molar-refractivity contribution in [2.75, 3.05) is 25.1 Å². The minimum atomic E-state index is -0.0593. The summed E-state index contributed by atoms with van der Waals surface area (Å²) in [5.74, 6) is 0.667. The molecule has 104 valence electrons. The van der Waals surface area contributed by atoms with E-state index in [-0.39, 0.29) is 11.8 Å². The van der Waals surface area contributed by atoms with E-state index < -0.39 is 0 Å². The Morgan fingerprint density at radius 1 is 1.26 bits per heavy atom. The van der Waals surface area contributed by atoms with Crippen LogP contribution in [-0.2, 0) is 9.59 Å². The summed E-state index contributed by atoms with van der Waals surface area (Å²) in [5, 5.41) is 2.75. The number of benzene rings is 1. The van der Waals surface area contributed by atoms with Gasteiger partial charge in [0.25, 0.3) is 0 Å². The number of methoxy groups -OCH3 is 1. The van der Waals surface area contributed by atoms with E-state index in [1.165, 1.54) is 6.92 Å². The van der Waals surface area contributed by atoms with Crippen LogP contribution in [0.3, 0.4) is 0 Å². The Morgan fingerprint density at radius 2 is 1.89 bits per heavy atom. The van der Waals surface area contributed by atoms with E-state index >= 15 is 0 Å². The number of carbonyl (C=O) groups excluding carboxylic acids is 2. The first kappa shape index (κ1) is 15.0. The Hall–Kier alpha value is -2.04. The predicted molar refractivity (Wildman–Crippen MR) is 74.3 cm³/mol. The van der Waals surface area contributed by atoms with Gasteiger partial charge in [-0.15, -0.1) is 0 Å². The number of ether oxygens (including phenoxy) is 1. The van der Waals surface area contributed by atoms with Crippen LogP contribution in [0.2, 0.25) is 0 Å². The van der Waals surface area contributed by atoms with Crippen LogP contribution in [0, 0.1) is 0 Å². The molecule has 0 saturated heterocycles. The monoisotopic (exact) mass is 264 g/mol. The van der Waals surface area contributed by atoms with Crippen LogP contribution in [0.15, 0.2) is 24.3 Å². The van der Waals surface area contributed by atoms with Gasteiger partial charge in [0, 0.05) is 32.1 Å². The highest BCUT2D eigenvalue weighted by Gasteiger charge is 2.11. The standard InChI is InChI=1S/C14H20N2O3/c1-4-14(18)15-9-10-16(11(2)17)12-5-7-13(19-3)8-6-12/h5-8H,4,9-10H2,1-3H3,(H,15,18). The highest BCUT2D eigenvalue weighted by molar-refractivity contribution is 5.91. The fourth-order valence-electron chi connectivity index (χ4n) is 1.66. The smallest absolute Gasteiger partial charge is 0.223 e. The molecule has 1 N–H and O–H groups in total. The molecule has 5 heteroatoms. The summed E-state index contributed by atoms with van der Waals surface area (Å²) in [7, 11) is 1.60. The maximum absolute atomic E-state index is 11.6. The van der Waals surface area contributed by atoms with Gasteiger partial charge >= 0.3 is 0 Å². The molecule has 0 bridgehead atoms. The second-order valence-electron chi connectivity index (χ2n) is 4.07. The van der Waals surface area contributed by atoms with Crippen molar-refractivity contribution < 1.29 is 14.3 Å². The van der Waals surface area contributed by atoms with Gasteiger partial charge in [0.05, 0.1) is 7.11 Å². The van der Waals surface area contributed by atoms with Crippen LogP contribution >= 0.6 is 0 Å². The fraction of sp³-hybridized carbons (Fsp3) is 0.429. The summed E-state index contributed by atoms with van der Waals surface area (Å²) < 4.78 is 5.08. The fourth-order valence-corrected chi connectivity index (χ4v) is 1.66. The summed E-state index contributed by atoms with van der Waals surface area (Å²) in [5.41, 5.74) is 0.791. The Labute approximate surface area is 113 Å². The summed E-state index contributed by atoms with van der Waals surface area (Å²) in [4.78, 5) is 24.4. The second-order valence-corrected chi connectivity index (χ2v) is 4.07. The lowest BCUT2D eigenvalue weighted by Gasteiger charge is -2.21. The van der Waals surface area contributed by atoms with Gasteiger partial charge in [-0.1, -0.05) is 6.92 Å². The number of hydrogen-bond donors (Lipinski definition) is 1. The van der Waals surface area contributed by atoms with Crippen molar-refractivity contribution in [3.8, 4) is 5.75 Å². The summed E-state index contributed by atoms with van der Waals surface area (Å²) >= 11 is 0. The molecule has 1 rings (SSSR count). The molecule has 0 radical (unpaired) electrons. The SMILES string of the molecule is CCC(=O)NCCN(C(C)=O)c1ccc(OC)cc1. The first-order valence-electron chi connectivity index (χ1n) is 6.27. The first-order chi connectivity index (χ1) is 9.08. The van der Waals surface area contributed by atoms with E-state index in [4.69, 9.17) is 4.74 Å². The normalized spacial score (nSPS) is 9.84. The molecule has 0 spiro atoms. The molecular formula is C14H20N2O3. The van der Waals surface area contributed by atoms with Crippen LogP contribution in [0.4, 0.5) is 5.69 Å². The first-order valence-corrected chi connectivity index (χ1v) is 6.27. The Morgan fingerprint density at radius 3 is 2.37 bits per heavy atom. The summed E-state index contributed by atoms with van der Waals surface area (Å²) in [6.45, 7) is 4.19. The summed E-state index contributed by atoms with van der Waals surface area (Å²) in [6, 6.07) is 7.25. The molecule has 0 aliphatic rings. The van der Waals surface area contributed by atoms with E-state index in [1.807, 2.05) is 12.1 Å². The topological polar surface area (TPSA) is 58.6 Å². The molecule has 0 heterocycles.